The molecule has 0 unspecified atom stereocenters. The number of hydrogen-bond acceptors (Lipinski definition) is 4. The number of primary sulfonamides is 1. The Morgan fingerprint density at radius 1 is 0.893 bits per heavy atom. The first kappa shape index (κ1) is 18.0. The largest absolute Gasteiger partial charge is 0.456 e. The van der Waals surface area contributed by atoms with Gasteiger partial charge in [-0.25, -0.2) is 13.6 Å². The van der Waals surface area contributed by atoms with Gasteiger partial charge in [-0.2, -0.15) is 5.26 Å². The number of nitrogens with two attached hydrogens (primary N) is 1. The molecule has 0 spiro atoms. The minimum absolute atomic E-state index is 0.0491. The molecule has 0 aliphatic carbocycles. The minimum Gasteiger partial charge on any atom is -0.456 e. The Hall–Kier alpha value is -3.40. The molecule has 4 rings (SSSR count). The van der Waals surface area contributed by atoms with Crippen molar-refractivity contribution < 1.29 is 13.2 Å². The van der Waals surface area contributed by atoms with Crippen LogP contribution in [0.3, 0.4) is 0 Å². The summed E-state index contributed by atoms with van der Waals surface area (Å²) in [6, 6.07) is 23.5. The first-order valence-electron chi connectivity index (χ1n) is 8.58. The second kappa shape index (κ2) is 6.97. The highest BCUT2D eigenvalue weighted by Crippen LogP contribution is 2.39. The lowest BCUT2D eigenvalue weighted by atomic mass is 9.92. The van der Waals surface area contributed by atoms with Crippen LogP contribution in [0.2, 0.25) is 0 Å². The van der Waals surface area contributed by atoms with Crippen molar-refractivity contribution in [2.24, 2.45) is 5.14 Å². The molecule has 0 aromatic heterocycles. The molecule has 1 aliphatic rings. The van der Waals surface area contributed by atoms with Crippen molar-refractivity contribution in [1.29, 1.82) is 5.26 Å². The van der Waals surface area contributed by atoms with E-state index < -0.39 is 10.0 Å². The third-order valence-corrected chi connectivity index (χ3v) is 5.56. The van der Waals surface area contributed by atoms with Crippen LogP contribution in [-0.2, 0) is 16.4 Å². The number of hydrogen-bond donors (Lipinski definition) is 1. The van der Waals surface area contributed by atoms with Crippen LogP contribution >= 0.6 is 0 Å². The third kappa shape index (κ3) is 3.41. The number of sulfonamides is 1. The van der Waals surface area contributed by atoms with Crippen LogP contribution in [0.4, 0.5) is 0 Å². The summed E-state index contributed by atoms with van der Waals surface area (Å²) < 4.78 is 29.3. The molecule has 0 bridgehead atoms. The van der Waals surface area contributed by atoms with Crippen molar-refractivity contribution in [3.63, 3.8) is 0 Å². The van der Waals surface area contributed by atoms with E-state index in [-0.39, 0.29) is 4.90 Å². The lowest BCUT2D eigenvalue weighted by molar-refractivity contribution is 0.502. The van der Waals surface area contributed by atoms with Crippen molar-refractivity contribution >= 4 is 21.4 Å². The highest BCUT2D eigenvalue weighted by atomic mass is 32.2. The Morgan fingerprint density at radius 2 is 1.54 bits per heavy atom. The number of nitrogens with zero attached hydrogens (tertiary/aromatic N) is 1. The fourth-order valence-electron chi connectivity index (χ4n) is 3.20. The van der Waals surface area contributed by atoms with E-state index in [2.05, 4.69) is 6.07 Å². The maximum atomic E-state index is 11.5. The van der Waals surface area contributed by atoms with E-state index in [1.165, 1.54) is 12.1 Å². The number of para-hydroxylation sites is 1. The number of nitriles is 1. The predicted molar refractivity (Wildman–Crippen MR) is 107 cm³/mol. The fraction of sp³-hybridized carbons (Fsp3) is 0.0455. The molecule has 28 heavy (non-hydrogen) atoms. The summed E-state index contributed by atoms with van der Waals surface area (Å²) in [5.74, 6) is 1.43. The smallest absolute Gasteiger partial charge is 0.238 e. The molecule has 3 aromatic rings. The molecule has 0 saturated heterocycles. The number of allylic oxidation sites excluding steroid dienone is 1. The van der Waals surface area contributed by atoms with E-state index in [4.69, 9.17) is 15.1 Å². The van der Waals surface area contributed by atoms with Crippen molar-refractivity contribution in [2.75, 3.05) is 0 Å². The first-order valence-corrected chi connectivity index (χ1v) is 10.1. The van der Waals surface area contributed by atoms with Gasteiger partial charge in [-0.15, -0.1) is 0 Å². The zero-order valence-electron chi connectivity index (χ0n) is 14.8. The second-order valence-electron chi connectivity index (χ2n) is 6.45. The maximum absolute atomic E-state index is 11.5. The van der Waals surface area contributed by atoms with Gasteiger partial charge in [0.1, 0.15) is 11.5 Å². The second-order valence-corrected chi connectivity index (χ2v) is 8.01. The monoisotopic (exact) mass is 388 g/mol. The zero-order chi connectivity index (χ0) is 19.7. The van der Waals surface area contributed by atoms with Crippen molar-refractivity contribution in [3.05, 3.63) is 95.1 Å². The molecule has 5 nitrogen and oxygen atoms in total. The van der Waals surface area contributed by atoms with Gasteiger partial charge >= 0.3 is 0 Å². The Kier molecular flexibility index (Phi) is 4.47. The summed E-state index contributed by atoms with van der Waals surface area (Å²) in [5.41, 5.74) is 4.30. The molecule has 6 heteroatoms. The molecule has 1 aliphatic heterocycles. The summed E-state index contributed by atoms with van der Waals surface area (Å²) in [6.45, 7) is 0. The van der Waals surface area contributed by atoms with Crippen LogP contribution < -0.4 is 9.88 Å². The summed E-state index contributed by atoms with van der Waals surface area (Å²) in [4.78, 5) is 0.0491. The van der Waals surface area contributed by atoms with Crippen molar-refractivity contribution in [1.82, 2.24) is 0 Å². The number of rotatable bonds is 3. The Bertz CT molecular complexity index is 1220. The molecule has 138 valence electrons. The normalized spacial score (nSPS) is 13.4. The average Bonchev–Trinajstić information content (AvgIpc) is 2.72. The highest BCUT2D eigenvalue weighted by Gasteiger charge is 2.22. The Balaban J connectivity index is 1.85. The zero-order valence-corrected chi connectivity index (χ0v) is 15.6. The molecule has 0 saturated carbocycles. The molecule has 0 fully saturated rings. The van der Waals surface area contributed by atoms with Gasteiger partial charge in [0.25, 0.3) is 0 Å². The molecule has 0 radical (unpaired) electrons. The Morgan fingerprint density at radius 3 is 2.18 bits per heavy atom. The van der Waals surface area contributed by atoms with Gasteiger partial charge in [-0.3, -0.25) is 0 Å². The number of fused-ring (bicyclic) bond motifs is 1. The van der Waals surface area contributed by atoms with Gasteiger partial charge in [-0.05, 0) is 53.6 Å². The summed E-state index contributed by atoms with van der Waals surface area (Å²) in [7, 11) is -3.76. The van der Waals surface area contributed by atoms with Crippen LogP contribution in [0.5, 0.6) is 5.75 Å². The molecular formula is C22H16N2O3S. The minimum atomic E-state index is -3.76. The highest BCUT2D eigenvalue weighted by molar-refractivity contribution is 7.89. The van der Waals surface area contributed by atoms with Crippen LogP contribution in [0.1, 0.15) is 22.3 Å². The molecule has 3 aromatic carbocycles. The SMILES string of the molecule is N#Cc1ccc(C2=C(c3ccc(S(N)(=O)=O)cc3)Oc3ccccc3C2)cc1. The lowest BCUT2D eigenvalue weighted by Gasteiger charge is -2.24. The molecule has 0 amide bonds. The average molecular weight is 388 g/mol. The van der Waals surface area contributed by atoms with Gasteiger partial charge in [-0.1, -0.05) is 30.3 Å². The van der Waals surface area contributed by atoms with E-state index >= 15 is 0 Å². The van der Waals surface area contributed by atoms with Gasteiger partial charge in [0.2, 0.25) is 10.0 Å². The maximum Gasteiger partial charge on any atom is 0.238 e. The topological polar surface area (TPSA) is 93.2 Å². The molecule has 0 atom stereocenters. The molecule has 2 N–H and O–H groups in total. The van der Waals surface area contributed by atoms with Crippen LogP contribution in [0.25, 0.3) is 11.3 Å². The van der Waals surface area contributed by atoms with Gasteiger partial charge in [0.15, 0.2) is 0 Å². The third-order valence-electron chi connectivity index (χ3n) is 4.63. The first-order chi connectivity index (χ1) is 13.5. The number of ether oxygens (including phenoxy) is 1. The van der Waals surface area contributed by atoms with Crippen LogP contribution in [0.15, 0.2) is 77.7 Å². The van der Waals surface area contributed by atoms with Gasteiger partial charge in [0.05, 0.1) is 16.5 Å². The van der Waals surface area contributed by atoms with Crippen molar-refractivity contribution in [2.45, 2.75) is 11.3 Å². The van der Waals surface area contributed by atoms with Gasteiger partial charge in [0, 0.05) is 17.6 Å². The standard InChI is InChI=1S/C22H16N2O3S/c23-14-15-5-7-16(8-6-15)20-13-18-3-1-2-4-21(18)27-22(20)17-9-11-19(12-10-17)28(24,25)26/h1-12H,13H2,(H2,24,25,26). The molecule has 1 heterocycles. The van der Waals surface area contributed by atoms with Crippen LogP contribution in [-0.4, -0.2) is 8.42 Å². The van der Waals surface area contributed by atoms with E-state index in [1.54, 1.807) is 24.3 Å². The van der Waals surface area contributed by atoms with E-state index in [0.29, 0.717) is 17.7 Å². The summed E-state index contributed by atoms with van der Waals surface area (Å²) in [5, 5.41) is 14.2. The number of benzene rings is 3. The van der Waals surface area contributed by atoms with E-state index in [0.717, 1.165) is 28.0 Å². The van der Waals surface area contributed by atoms with Crippen molar-refractivity contribution in [3.8, 4) is 11.8 Å². The van der Waals surface area contributed by atoms with Crippen LogP contribution in [0, 0.1) is 11.3 Å². The predicted octanol–water partition coefficient (Wildman–Crippen LogP) is 3.71. The fourth-order valence-corrected chi connectivity index (χ4v) is 3.72. The summed E-state index contributed by atoms with van der Waals surface area (Å²) in [6.07, 6.45) is 0.661. The van der Waals surface area contributed by atoms with E-state index in [9.17, 15) is 8.42 Å². The quantitative estimate of drug-likeness (QED) is 0.740. The lowest BCUT2D eigenvalue weighted by Crippen LogP contribution is -2.12. The molecular weight excluding hydrogens is 372 g/mol. The van der Waals surface area contributed by atoms with Gasteiger partial charge < -0.3 is 4.74 Å². The van der Waals surface area contributed by atoms with E-state index in [1.807, 2.05) is 36.4 Å². The summed E-state index contributed by atoms with van der Waals surface area (Å²) >= 11 is 0. The Labute approximate surface area is 163 Å².